The van der Waals surface area contributed by atoms with Crippen LogP contribution in [0.3, 0.4) is 0 Å². The second-order valence-electron chi connectivity index (χ2n) is 4.85. The number of nitrogens with zero attached hydrogens (tertiary/aromatic N) is 2. The number of hydrogen-bond acceptors (Lipinski definition) is 3. The molecule has 0 atom stereocenters. The summed E-state index contributed by atoms with van der Waals surface area (Å²) in [7, 11) is 0. The molecular formula is C16H11ClN2OS. The molecule has 1 N–H and O–H groups in total. The second-order valence-corrected chi connectivity index (χ2v) is 6.29. The minimum atomic E-state index is 0.0617. The molecule has 0 spiro atoms. The first-order chi connectivity index (χ1) is 10.2. The van der Waals surface area contributed by atoms with Gasteiger partial charge in [0.15, 0.2) is 4.96 Å². The van der Waals surface area contributed by atoms with Crippen LogP contribution in [0.15, 0.2) is 48.7 Å². The minimum absolute atomic E-state index is 0.0617. The third kappa shape index (κ3) is 2.12. The number of fused-ring (bicyclic) bond motifs is 3. The third-order valence-corrected chi connectivity index (χ3v) is 4.75. The lowest BCUT2D eigenvalue weighted by molar-refractivity contribution is 0.282. The van der Waals surface area contributed by atoms with E-state index >= 15 is 0 Å². The molecule has 0 aliphatic heterocycles. The molecule has 2 heterocycles. The van der Waals surface area contributed by atoms with Gasteiger partial charge in [0.25, 0.3) is 0 Å². The number of benzene rings is 2. The number of aromatic nitrogens is 2. The molecule has 0 unspecified atom stereocenters. The van der Waals surface area contributed by atoms with Gasteiger partial charge in [-0.3, -0.25) is 4.40 Å². The second kappa shape index (κ2) is 4.84. The van der Waals surface area contributed by atoms with Crippen molar-refractivity contribution in [3.63, 3.8) is 0 Å². The number of aliphatic hydroxyl groups is 1. The smallest absolute Gasteiger partial charge is 0.195 e. The van der Waals surface area contributed by atoms with Crippen molar-refractivity contribution in [3.8, 4) is 11.3 Å². The molecule has 3 nitrogen and oxygen atoms in total. The maximum Gasteiger partial charge on any atom is 0.195 e. The summed E-state index contributed by atoms with van der Waals surface area (Å²) >= 11 is 7.54. The molecule has 0 bridgehead atoms. The number of halogens is 1. The Morgan fingerprint density at radius 2 is 1.95 bits per heavy atom. The van der Waals surface area contributed by atoms with E-state index in [1.165, 1.54) is 0 Å². The lowest BCUT2D eigenvalue weighted by Gasteiger charge is -1.97. The molecule has 4 aromatic rings. The minimum Gasteiger partial charge on any atom is -0.392 e. The first-order valence-corrected chi connectivity index (χ1v) is 7.71. The molecule has 4 rings (SSSR count). The standard InChI is InChI=1S/C16H11ClN2OS/c17-12-4-2-11(3-5-12)13-8-19-14-6-1-10(9-20)7-15(14)21-16(19)18-13/h1-8,20H,9H2. The number of aliphatic hydroxyl groups excluding tert-OH is 1. The summed E-state index contributed by atoms with van der Waals surface area (Å²) < 4.78 is 3.22. The molecule has 0 fully saturated rings. The molecule has 0 saturated heterocycles. The highest BCUT2D eigenvalue weighted by Crippen LogP contribution is 2.30. The highest BCUT2D eigenvalue weighted by molar-refractivity contribution is 7.23. The molecule has 2 aromatic carbocycles. The van der Waals surface area contributed by atoms with Crippen LogP contribution in [0.4, 0.5) is 0 Å². The highest BCUT2D eigenvalue weighted by atomic mass is 35.5. The molecule has 2 aromatic heterocycles. The van der Waals surface area contributed by atoms with Crippen LogP contribution in [0.2, 0.25) is 5.02 Å². The highest BCUT2D eigenvalue weighted by Gasteiger charge is 2.10. The Morgan fingerprint density at radius 1 is 1.14 bits per heavy atom. The van der Waals surface area contributed by atoms with Crippen molar-refractivity contribution in [2.45, 2.75) is 6.61 Å². The molecular weight excluding hydrogens is 304 g/mol. The van der Waals surface area contributed by atoms with Gasteiger partial charge in [0.2, 0.25) is 0 Å². The third-order valence-electron chi connectivity index (χ3n) is 3.48. The van der Waals surface area contributed by atoms with Gasteiger partial charge in [0.05, 0.1) is 22.5 Å². The van der Waals surface area contributed by atoms with Crippen molar-refractivity contribution >= 4 is 38.1 Å². The van der Waals surface area contributed by atoms with E-state index in [0.717, 1.165) is 37.0 Å². The quantitative estimate of drug-likeness (QED) is 0.597. The maximum atomic E-state index is 9.21. The van der Waals surface area contributed by atoms with Crippen molar-refractivity contribution in [3.05, 3.63) is 59.2 Å². The predicted molar refractivity (Wildman–Crippen MR) is 86.9 cm³/mol. The van der Waals surface area contributed by atoms with Crippen LogP contribution < -0.4 is 0 Å². The zero-order valence-electron chi connectivity index (χ0n) is 11.0. The van der Waals surface area contributed by atoms with E-state index < -0.39 is 0 Å². The van der Waals surface area contributed by atoms with Crippen molar-refractivity contribution in [1.82, 2.24) is 9.38 Å². The topological polar surface area (TPSA) is 37.5 Å². The Balaban J connectivity index is 1.88. The van der Waals surface area contributed by atoms with Crippen LogP contribution >= 0.6 is 22.9 Å². The van der Waals surface area contributed by atoms with Crippen LogP contribution in [0.5, 0.6) is 0 Å². The fraction of sp³-hybridized carbons (Fsp3) is 0.0625. The van der Waals surface area contributed by atoms with Crippen LogP contribution in [0, 0.1) is 0 Å². The largest absolute Gasteiger partial charge is 0.392 e. The van der Waals surface area contributed by atoms with Crippen molar-refractivity contribution in [2.24, 2.45) is 0 Å². The molecule has 0 aliphatic rings. The van der Waals surface area contributed by atoms with Crippen LogP contribution in [-0.4, -0.2) is 14.5 Å². The summed E-state index contributed by atoms with van der Waals surface area (Å²) in [6.45, 7) is 0.0617. The zero-order valence-corrected chi connectivity index (χ0v) is 12.5. The van der Waals surface area contributed by atoms with Gasteiger partial charge in [-0.05, 0) is 29.8 Å². The van der Waals surface area contributed by atoms with Crippen molar-refractivity contribution < 1.29 is 5.11 Å². The molecule has 0 amide bonds. The predicted octanol–water partition coefficient (Wildman–Crippen LogP) is 4.36. The number of hydrogen-bond donors (Lipinski definition) is 1. The van der Waals surface area contributed by atoms with Gasteiger partial charge >= 0.3 is 0 Å². The van der Waals surface area contributed by atoms with E-state index in [9.17, 15) is 5.11 Å². The fourth-order valence-corrected chi connectivity index (χ4v) is 3.60. The summed E-state index contributed by atoms with van der Waals surface area (Å²) in [6.07, 6.45) is 2.04. The van der Waals surface area contributed by atoms with Crippen molar-refractivity contribution in [2.75, 3.05) is 0 Å². The van der Waals surface area contributed by atoms with Crippen LogP contribution in [0.1, 0.15) is 5.56 Å². The molecule has 0 saturated carbocycles. The summed E-state index contributed by atoms with van der Waals surface area (Å²) in [5, 5.41) is 9.93. The summed E-state index contributed by atoms with van der Waals surface area (Å²) in [5.74, 6) is 0. The maximum absolute atomic E-state index is 9.21. The van der Waals surface area contributed by atoms with E-state index in [1.807, 2.05) is 48.7 Å². The van der Waals surface area contributed by atoms with E-state index in [0.29, 0.717) is 0 Å². The Labute approximate surface area is 130 Å². The molecule has 104 valence electrons. The molecule has 21 heavy (non-hydrogen) atoms. The molecule has 5 heteroatoms. The average molecular weight is 315 g/mol. The van der Waals surface area contributed by atoms with Gasteiger partial charge in [-0.15, -0.1) is 0 Å². The SMILES string of the molecule is OCc1ccc2c(c1)sc1nc(-c3ccc(Cl)cc3)cn12. The lowest BCUT2D eigenvalue weighted by Crippen LogP contribution is -1.82. The van der Waals surface area contributed by atoms with E-state index in [-0.39, 0.29) is 6.61 Å². The van der Waals surface area contributed by atoms with Crippen molar-refractivity contribution in [1.29, 1.82) is 0 Å². The zero-order chi connectivity index (χ0) is 14.4. The Kier molecular flexibility index (Phi) is 2.96. The number of imidazole rings is 1. The normalized spacial score (nSPS) is 11.5. The van der Waals surface area contributed by atoms with E-state index in [1.54, 1.807) is 11.3 Å². The Morgan fingerprint density at radius 3 is 2.71 bits per heavy atom. The first kappa shape index (κ1) is 12.8. The Bertz CT molecular complexity index is 940. The lowest BCUT2D eigenvalue weighted by atomic mass is 10.2. The van der Waals surface area contributed by atoms with E-state index in [4.69, 9.17) is 11.6 Å². The van der Waals surface area contributed by atoms with Crippen LogP contribution in [-0.2, 0) is 6.61 Å². The number of rotatable bonds is 2. The Hall–Kier alpha value is -1.88. The van der Waals surface area contributed by atoms with Gasteiger partial charge < -0.3 is 5.11 Å². The monoisotopic (exact) mass is 314 g/mol. The average Bonchev–Trinajstić information content (AvgIpc) is 3.04. The van der Waals surface area contributed by atoms with E-state index in [2.05, 4.69) is 9.38 Å². The first-order valence-electron chi connectivity index (χ1n) is 6.52. The summed E-state index contributed by atoms with van der Waals surface area (Å²) in [6, 6.07) is 13.7. The van der Waals surface area contributed by atoms with Gasteiger partial charge in [0, 0.05) is 16.8 Å². The molecule has 0 radical (unpaired) electrons. The van der Waals surface area contributed by atoms with Gasteiger partial charge in [-0.2, -0.15) is 0 Å². The summed E-state index contributed by atoms with van der Waals surface area (Å²) in [5.41, 5.74) is 4.02. The van der Waals surface area contributed by atoms with Gasteiger partial charge in [-0.1, -0.05) is 41.1 Å². The number of thiazole rings is 1. The summed E-state index contributed by atoms with van der Waals surface area (Å²) in [4.78, 5) is 5.63. The fourth-order valence-electron chi connectivity index (χ4n) is 2.40. The van der Waals surface area contributed by atoms with Crippen LogP contribution in [0.25, 0.3) is 26.4 Å². The van der Waals surface area contributed by atoms with Gasteiger partial charge in [0.1, 0.15) is 0 Å². The molecule has 0 aliphatic carbocycles. The van der Waals surface area contributed by atoms with Gasteiger partial charge in [-0.25, -0.2) is 4.98 Å².